The van der Waals surface area contributed by atoms with Gasteiger partial charge in [0.1, 0.15) is 11.6 Å². The number of hydrogen-bond acceptors (Lipinski definition) is 4. The fraction of sp³-hybridized carbons (Fsp3) is 0.200. The number of nitrogens with zero attached hydrogens (tertiary/aromatic N) is 3. The number of ether oxygens (including phenoxy) is 1. The van der Waals surface area contributed by atoms with Crippen LogP contribution in [0.4, 0.5) is 5.82 Å². The Hall–Kier alpha value is -2.56. The summed E-state index contributed by atoms with van der Waals surface area (Å²) in [5.74, 6) is 1.74. The number of nitrogens with one attached hydrogen (secondary N) is 1. The Labute approximate surface area is 117 Å². The molecule has 0 bridgehead atoms. The maximum atomic E-state index is 5.38. The summed E-state index contributed by atoms with van der Waals surface area (Å²) in [6.07, 6.45) is 7.33. The van der Waals surface area contributed by atoms with Gasteiger partial charge < -0.3 is 14.6 Å². The number of methoxy groups -OCH3 is 1. The zero-order chi connectivity index (χ0) is 13.8. The van der Waals surface area contributed by atoms with Gasteiger partial charge in [-0.25, -0.2) is 9.97 Å². The van der Waals surface area contributed by atoms with Gasteiger partial charge in [-0.15, -0.1) is 0 Å². The lowest BCUT2D eigenvalue weighted by Crippen LogP contribution is -2.10. The van der Waals surface area contributed by atoms with E-state index >= 15 is 0 Å². The van der Waals surface area contributed by atoms with Crippen molar-refractivity contribution in [2.24, 2.45) is 0 Å². The van der Waals surface area contributed by atoms with Gasteiger partial charge in [0.25, 0.3) is 0 Å². The monoisotopic (exact) mass is 268 g/mol. The van der Waals surface area contributed by atoms with Gasteiger partial charge in [0, 0.05) is 42.5 Å². The van der Waals surface area contributed by atoms with Crippen molar-refractivity contribution in [3.05, 3.63) is 49.2 Å². The third-order valence-electron chi connectivity index (χ3n) is 3.21. The summed E-state index contributed by atoms with van der Waals surface area (Å²) in [6.45, 7) is 1.64. The first-order valence-electron chi connectivity index (χ1n) is 6.50. The summed E-state index contributed by atoms with van der Waals surface area (Å²) in [6, 6.07) is 7.95. The summed E-state index contributed by atoms with van der Waals surface area (Å²) in [7, 11) is 1.68. The predicted molar refractivity (Wildman–Crippen MR) is 79.0 cm³/mol. The highest BCUT2D eigenvalue weighted by molar-refractivity contribution is 5.95. The van der Waals surface area contributed by atoms with Crippen LogP contribution in [0.3, 0.4) is 0 Å². The number of pyridine rings is 1. The summed E-state index contributed by atoms with van der Waals surface area (Å²) in [5.41, 5.74) is 0. The van der Waals surface area contributed by atoms with Gasteiger partial charge in [0.15, 0.2) is 0 Å². The minimum atomic E-state index is 0.791. The molecule has 0 saturated heterocycles. The molecule has 0 fully saturated rings. The third kappa shape index (κ3) is 2.42. The Morgan fingerprint density at radius 1 is 1.20 bits per heavy atom. The molecule has 102 valence electrons. The van der Waals surface area contributed by atoms with Gasteiger partial charge in [-0.2, -0.15) is 0 Å². The molecule has 0 atom stereocenters. The zero-order valence-electron chi connectivity index (χ0n) is 11.3. The van der Waals surface area contributed by atoms with E-state index in [1.54, 1.807) is 25.8 Å². The molecule has 5 nitrogen and oxygen atoms in total. The summed E-state index contributed by atoms with van der Waals surface area (Å²) in [4.78, 5) is 8.43. The van der Waals surface area contributed by atoms with Crippen LogP contribution in [0.2, 0.25) is 0 Å². The molecule has 0 aliphatic carbocycles. The Kier molecular flexibility index (Phi) is 3.50. The smallest absolute Gasteiger partial charge is 0.134 e. The zero-order valence-corrected chi connectivity index (χ0v) is 11.3. The van der Waals surface area contributed by atoms with E-state index in [0.29, 0.717) is 0 Å². The van der Waals surface area contributed by atoms with Crippen molar-refractivity contribution >= 4 is 16.6 Å². The molecule has 5 heteroatoms. The van der Waals surface area contributed by atoms with Gasteiger partial charge in [-0.3, -0.25) is 0 Å². The lowest BCUT2D eigenvalue weighted by atomic mass is 10.1. The van der Waals surface area contributed by atoms with Gasteiger partial charge in [-0.1, -0.05) is 12.1 Å². The first kappa shape index (κ1) is 12.5. The molecule has 0 spiro atoms. The molecule has 1 aromatic carbocycles. The molecule has 20 heavy (non-hydrogen) atoms. The SMILES string of the molecule is COc1cccc2c(NCCn3ccnc3)nccc12. The molecule has 0 radical (unpaired) electrons. The average molecular weight is 268 g/mol. The maximum absolute atomic E-state index is 5.38. The van der Waals surface area contributed by atoms with Gasteiger partial charge in [-0.05, 0) is 12.1 Å². The first-order chi connectivity index (χ1) is 9.88. The molecule has 0 aliphatic heterocycles. The molecular formula is C15H16N4O. The van der Waals surface area contributed by atoms with E-state index in [1.165, 1.54) is 0 Å². The van der Waals surface area contributed by atoms with Crippen LogP contribution in [0.1, 0.15) is 0 Å². The Morgan fingerprint density at radius 3 is 2.95 bits per heavy atom. The highest BCUT2D eigenvalue weighted by Crippen LogP contribution is 2.28. The number of imidazole rings is 1. The standard InChI is InChI=1S/C15H16N4O/c1-20-14-4-2-3-13-12(14)5-6-17-15(13)18-8-10-19-9-7-16-11-19/h2-7,9,11H,8,10H2,1H3,(H,17,18). The normalized spacial score (nSPS) is 10.7. The van der Waals surface area contributed by atoms with E-state index in [1.807, 2.05) is 35.0 Å². The van der Waals surface area contributed by atoms with Crippen molar-refractivity contribution in [2.45, 2.75) is 6.54 Å². The van der Waals surface area contributed by atoms with Crippen molar-refractivity contribution in [2.75, 3.05) is 19.0 Å². The second-order valence-electron chi connectivity index (χ2n) is 4.44. The van der Waals surface area contributed by atoms with Gasteiger partial charge in [0.05, 0.1) is 13.4 Å². The molecule has 2 heterocycles. The van der Waals surface area contributed by atoms with Crippen LogP contribution in [0, 0.1) is 0 Å². The number of rotatable bonds is 5. The number of fused-ring (bicyclic) bond motifs is 1. The van der Waals surface area contributed by atoms with E-state index in [2.05, 4.69) is 15.3 Å². The van der Waals surface area contributed by atoms with E-state index < -0.39 is 0 Å². The van der Waals surface area contributed by atoms with E-state index in [-0.39, 0.29) is 0 Å². The second-order valence-corrected chi connectivity index (χ2v) is 4.44. The average Bonchev–Trinajstić information content (AvgIpc) is 3.00. The Balaban J connectivity index is 1.81. The van der Waals surface area contributed by atoms with E-state index in [4.69, 9.17) is 4.74 Å². The molecule has 3 rings (SSSR count). The number of anilines is 1. The quantitative estimate of drug-likeness (QED) is 0.772. The number of aromatic nitrogens is 3. The van der Waals surface area contributed by atoms with Crippen LogP contribution in [0.15, 0.2) is 49.2 Å². The van der Waals surface area contributed by atoms with Crippen molar-refractivity contribution in [1.29, 1.82) is 0 Å². The second kappa shape index (κ2) is 5.61. The molecule has 2 aromatic heterocycles. The largest absolute Gasteiger partial charge is 0.496 e. The summed E-state index contributed by atoms with van der Waals surface area (Å²) in [5, 5.41) is 5.49. The predicted octanol–water partition coefficient (Wildman–Crippen LogP) is 2.55. The van der Waals surface area contributed by atoms with Crippen LogP contribution in [0.25, 0.3) is 10.8 Å². The lowest BCUT2D eigenvalue weighted by molar-refractivity contribution is 0.420. The fourth-order valence-electron chi connectivity index (χ4n) is 2.22. The summed E-state index contributed by atoms with van der Waals surface area (Å²) < 4.78 is 7.40. The highest BCUT2D eigenvalue weighted by atomic mass is 16.5. The molecule has 0 saturated carbocycles. The van der Waals surface area contributed by atoms with Gasteiger partial charge >= 0.3 is 0 Å². The fourth-order valence-corrected chi connectivity index (χ4v) is 2.22. The minimum absolute atomic E-state index is 0.791. The third-order valence-corrected chi connectivity index (χ3v) is 3.21. The Morgan fingerprint density at radius 2 is 2.15 bits per heavy atom. The van der Waals surface area contributed by atoms with Crippen molar-refractivity contribution in [3.8, 4) is 5.75 Å². The molecule has 0 unspecified atom stereocenters. The van der Waals surface area contributed by atoms with E-state index in [0.717, 1.165) is 35.4 Å². The number of benzene rings is 1. The van der Waals surface area contributed by atoms with Crippen molar-refractivity contribution in [1.82, 2.24) is 14.5 Å². The van der Waals surface area contributed by atoms with E-state index in [9.17, 15) is 0 Å². The van der Waals surface area contributed by atoms with Crippen LogP contribution in [0.5, 0.6) is 5.75 Å². The maximum Gasteiger partial charge on any atom is 0.134 e. The van der Waals surface area contributed by atoms with Crippen LogP contribution >= 0.6 is 0 Å². The summed E-state index contributed by atoms with van der Waals surface area (Å²) >= 11 is 0. The van der Waals surface area contributed by atoms with Crippen LogP contribution < -0.4 is 10.1 Å². The molecule has 0 aliphatic rings. The van der Waals surface area contributed by atoms with Gasteiger partial charge in [0.2, 0.25) is 0 Å². The Bertz CT molecular complexity index is 694. The lowest BCUT2D eigenvalue weighted by Gasteiger charge is -2.11. The molecular weight excluding hydrogens is 252 g/mol. The molecule has 0 amide bonds. The van der Waals surface area contributed by atoms with Crippen LogP contribution in [-0.4, -0.2) is 28.2 Å². The minimum Gasteiger partial charge on any atom is -0.496 e. The number of hydrogen-bond donors (Lipinski definition) is 1. The molecule has 3 aromatic rings. The highest BCUT2D eigenvalue weighted by Gasteiger charge is 2.05. The molecule has 1 N–H and O–H groups in total. The van der Waals surface area contributed by atoms with Crippen molar-refractivity contribution < 1.29 is 4.74 Å². The first-order valence-corrected chi connectivity index (χ1v) is 6.50. The van der Waals surface area contributed by atoms with Crippen molar-refractivity contribution in [3.63, 3.8) is 0 Å². The topological polar surface area (TPSA) is 52.0 Å². The van der Waals surface area contributed by atoms with Crippen LogP contribution in [-0.2, 0) is 6.54 Å².